The molecule has 2 N–H and O–H groups in total. The minimum absolute atomic E-state index is 0.776. The van der Waals surface area contributed by atoms with Crippen molar-refractivity contribution in [2.24, 2.45) is 5.92 Å². The van der Waals surface area contributed by atoms with Crippen molar-refractivity contribution < 1.29 is 0 Å². The summed E-state index contributed by atoms with van der Waals surface area (Å²) < 4.78 is 1.87. The van der Waals surface area contributed by atoms with Gasteiger partial charge in [0.2, 0.25) is 0 Å². The molecule has 0 spiro atoms. The minimum Gasteiger partial charge on any atom is -0.383 e. The monoisotopic (exact) mass is 269 g/mol. The van der Waals surface area contributed by atoms with Crippen LogP contribution in [0.15, 0.2) is 30.3 Å². The molecule has 3 rings (SSSR count). The molecule has 20 heavy (non-hydrogen) atoms. The fourth-order valence-electron chi connectivity index (χ4n) is 3.20. The maximum Gasteiger partial charge on any atom is 0.130 e. The summed E-state index contributed by atoms with van der Waals surface area (Å²) in [4.78, 5) is 0. The number of hydrogen-bond acceptors (Lipinski definition) is 2. The molecule has 0 radical (unpaired) electrons. The predicted molar refractivity (Wildman–Crippen MR) is 83.0 cm³/mol. The third kappa shape index (κ3) is 2.58. The van der Waals surface area contributed by atoms with Gasteiger partial charge in [-0.05, 0) is 37.8 Å². The highest BCUT2D eigenvalue weighted by molar-refractivity contribution is 5.49. The maximum absolute atomic E-state index is 6.22. The van der Waals surface area contributed by atoms with Gasteiger partial charge in [-0.15, -0.1) is 0 Å². The first-order valence-corrected chi connectivity index (χ1v) is 7.65. The van der Waals surface area contributed by atoms with Crippen molar-refractivity contribution >= 4 is 5.82 Å². The number of nitrogen functional groups attached to an aromatic ring is 1. The van der Waals surface area contributed by atoms with Gasteiger partial charge in [-0.2, -0.15) is 5.10 Å². The molecule has 1 aromatic heterocycles. The lowest BCUT2D eigenvalue weighted by Crippen LogP contribution is -2.02. The molecule has 0 aliphatic heterocycles. The lowest BCUT2D eigenvalue weighted by Gasteiger charge is -2.06. The van der Waals surface area contributed by atoms with Crippen molar-refractivity contribution in [2.45, 2.75) is 45.4 Å². The van der Waals surface area contributed by atoms with Crippen molar-refractivity contribution in [1.82, 2.24) is 9.78 Å². The first-order valence-electron chi connectivity index (χ1n) is 7.65. The molecule has 1 aliphatic carbocycles. The average Bonchev–Trinajstić information content (AvgIpc) is 3.09. The molecule has 0 saturated heterocycles. The minimum atomic E-state index is 0.776. The zero-order chi connectivity index (χ0) is 13.9. The number of aromatic nitrogens is 2. The molecule has 1 heterocycles. The molecule has 0 unspecified atom stereocenters. The zero-order valence-electron chi connectivity index (χ0n) is 12.2. The Balaban J connectivity index is 1.78. The molecule has 1 fully saturated rings. The molecule has 1 saturated carbocycles. The summed E-state index contributed by atoms with van der Waals surface area (Å²) in [5.74, 6) is 1.68. The molecule has 3 nitrogen and oxygen atoms in total. The van der Waals surface area contributed by atoms with E-state index in [0.29, 0.717) is 0 Å². The van der Waals surface area contributed by atoms with Crippen LogP contribution in [0.1, 0.15) is 43.4 Å². The van der Waals surface area contributed by atoms with Gasteiger partial charge in [0, 0.05) is 5.56 Å². The third-order valence-electron chi connectivity index (χ3n) is 4.53. The summed E-state index contributed by atoms with van der Waals surface area (Å²) in [7, 11) is 0. The summed E-state index contributed by atoms with van der Waals surface area (Å²) >= 11 is 0. The Hall–Kier alpha value is -1.77. The van der Waals surface area contributed by atoms with E-state index in [1.165, 1.54) is 37.8 Å². The van der Waals surface area contributed by atoms with Crippen LogP contribution in [0.25, 0.3) is 5.69 Å². The van der Waals surface area contributed by atoms with E-state index in [1.54, 1.807) is 0 Å². The van der Waals surface area contributed by atoms with Crippen LogP contribution in [0.5, 0.6) is 0 Å². The predicted octanol–water partition coefficient (Wildman–Crippen LogP) is 3.89. The van der Waals surface area contributed by atoms with Gasteiger partial charge in [-0.25, -0.2) is 4.68 Å². The highest BCUT2D eigenvalue weighted by Gasteiger charge is 2.18. The fraction of sp³-hybridized carbons (Fsp3) is 0.471. The summed E-state index contributed by atoms with van der Waals surface area (Å²) in [6.07, 6.45) is 7.92. The van der Waals surface area contributed by atoms with Gasteiger partial charge >= 0.3 is 0 Å². The van der Waals surface area contributed by atoms with Gasteiger partial charge in [-0.1, -0.05) is 43.9 Å². The highest BCUT2D eigenvalue weighted by Crippen LogP contribution is 2.30. The summed E-state index contributed by atoms with van der Waals surface area (Å²) in [5, 5.41) is 4.73. The molecule has 0 atom stereocenters. The average molecular weight is 269 g/mol. The van der Waals surface area contributed by atoms with Crippen LogP contribution in [0.2, 0.25) is 0 Å². The normalized spacial score (nSPS) is 15.8. The maximum atomic E-state index is 6.22. The zero-order valence-corrected chi connectivity index (χ0v) is 12.2. The van der Waals surface area contributed by atoms with E-state index in [0.717, 1.165) is 29.4 Å². The van der Waals surface area contributed by atoms with E-state index in [2.05, 4.69) is 6.92 Å². The van der Waals surface area contributed by atoms with Gasteiger partial charge in [-0.3, -0.25) is 0 Å². The second-order valence-electron chi connectivity index (χ2n) is 5.89. The SMILES string of the molecule is Cc1c(CCC2CCCC2)nn(-c2ccccc2)c1N. The Bertz CT molecular complexity index is 565. The molecular weight excluding hydrogens is 246 g/mol. The Labute approximate surface area is 120 Å². The molecular formula is C17H23N3. The highest BCUT2D eigenvalue weighted by atomic mass is 15.3. The second kappa shape index (κ2) is 5.70. The van der Waals surface area contributed by atoms with Crippen molar-refractivity contribution in [1.29, 1.82) is 0 Å². The molecule has 2 aromatic rings. The van der Waals surface area contributed by atoms with Crippen LogP contribution in [0, 0.1) is 12.8 Å². The number of nitrogens with two attached hydrogens (primary N) is 1. The van der Waals surface area contributed by atoms with Crippen molar-refractivity contribution in [3.63, 3.8) is 0 Å². The fourth-order valence-corrected chi connectivity index (χ4v) is 3.20. The van der Waals surface area contributed by atoms with E-state index in [4.69, 9.17) is 10.8 Å². The molecule has 106 valence electrons. The van der Waals surface area contributed by atoms with Crippen molar-refractivity contribution in [3.8, 4) is 5.69 Å². The Morgan fingerprint density at radius 2 is 1.90 bits per heavy atom. The Morgan fingerprint density at radius 1 is 1.20 bits per heavy atom. The van der Waals surface area contributed by atoms with Gasteiger partial charge in [0.15, 0.2) is 0 Å². The van der Waals surface area contributed by atoms with Crippen LogP contribution in [0.4, 0.5) is 5.82 Å². The van der Waals surface area contributed by atoms with Crippen LogP contribution < -0.4 is 5.73 Å². The van der Waals surface area contributed by atoms with Gasteiger partial charge in [0.1, 0.15) is 5.82 Å². The van der Waals surface area contributed by atoms with Crippen LogP contribution in [-0.2, 0) is 6.42 Å². The number of hydrogen-bond donors (Lipinski definition) is 1. The van der Waals surface area contributed by atoms with Crippen LogP contribution in [0.3, 0.4) is 0 Å². The van der Waals surface area contributed by atoms with E-state index < -0.39 is 0 Å². The molecule has 1 aliphatic rings. The number of benzene rings is 1. The first kappa shape index (κ1) is 13.2. The van der Waals surface area contributed by atoms with Crippen molar-refractivity contribution in [3.05, 3.63) is 41.6 Å². The first-order chi connectivity index (χ1) is 9.75. The third-order valence-corrected chi connectivity index (χ3v) is 4.53. The topological polar surface area (TPSA) is 43.8 Å². The van der Waals surface area contributed by atoms with Gasteiger partial charge < -0.3 is 5.73 Å². The van der Waals surface area contributed by atoms with E-state index in [1.807, 2.05) is 35.0 Å². The molecule has 1 aromatic carbocycles. The summed E-state index contributed by atoms with van der Waals surface area (Å²) in [5.41, 5.74) is 9.57. The number of nitrogens with zero attached hydrogens (tertiary/aromatic N) is 2. The Kier molecular flexibility index (Phi) is 3.77. The number of rotatable bonds is 4. The summed E-state index contributed by atoms with van der Waals surface area (Å²) in [6.45, 7) is 2.09. The van der Waals surface area contributed by atoms with Crippen molar-refractivity contribution in [2.75, 3.05) is 5.73 Å². The molecule has 0 amide bonds. The van der Waals surface area contributed by atoms with E-state index >= 15 is 0 Å². The smallest absolute Gasteiger partial charge is 0.130 e. The van der Waals surface area contributed by atoms with Gasteiger partial charge in [0.05, 0.1) is 11.4 Å². The number of aryl methyl sites for hydroxylation is 1. The van der Waals surface area contributed by atoms with Crippen LogP contribution in [-0.4, -0.2) is 9.78 Å². The van der Waals surface area contributed by atoms with Gasteiger partial charge in [0.25, 0.3) is 0 Å². The summed E-state index contributed by atoms with van der Waals surface area (Å²) in [6, 6.07) is 10.1. The molecule has 0 bridgehead atoms. The van der Waals surface area contributed by atoms with Crippen LogP contribution >= 0.6 is 0 Å². The lowest BCUT2D eigenvalue weighted by atomic mass is 9.99. The standard InChI is InChI=1S/C17H23N3/c1-13-16(12-11-14-7-5-6-8-14)19-20(17(13)18)15-9-3-2-4-10-15/h2-4,9-10,14H,5-8,11-12,18H2,1H3. The van der Waals surface area contributed by atoms with E-state index in [-0.39, 0.29) is 0 Å². The quantitative estimate of drug-likeness (QED) is 0.915. The number of para-hydroxylation sites is 1. The molecule has 3 heteroatoms. The second-order valence-corrected chi connectivity index (χ2v) is 5.89. The lowest BCUT2D eigenvalue weighted by molar-refractivity contribution is 0.499. The Morgan fingerprint density at radius 3 is 2.60 bits per heavy atom. The van der Waals surface area contributed by atoms with E-state index in [9.17, 15) is 0 Å². The number of anilines is 1. The largest absolute Gasteiger partial charge is 0.383 e.